The van der Waals surface area contributed by atoms with Crippen LogP contribution in [0.15, 0.2) is 66.7 Å². The lowest BCUT2D eigenvalue weighted by atomic mass is 10.1. The average molecular weight is 474 g/mol. The normalized spacial score (nSPS) is 15.2. The Kier molecular flexibility index (Phi) is 6.27. The number of nitrogens with zero attached hydrogens (tertiary/aromatic N) is 1. The number of rotatable bonds is 5. The van der Waals surface area contributed by atoms with Crippen LogP contribution in [0.3, 0.4) is 0 Å². The van der Waals surface area contributed by atoms with Crippen LogP contribution in [0.1, 0.15) is 20.7 Å². The number of hydrogen-bond donors (Lipinski definition) is 2. The minimum absolute atomic E-state index is 0.314. The summed E-state index contributed by atoms with van der Waals surface area (Å²) < 4.78 is 13.4. The molecule has 0 radical (unpaired) electrons. The lowest BCUT2D eigenvalue weighted by Gasteiger charge is -2.31. The highest BCUT2D eigenvalue weighted by Crippen LogP contribution is 2.27. The van der Waals surface area contributed by atoms with Gasteiger partial charge in [0.1, 0.15) is 11.0 Å². The quantitative estimate of drug-likeness (QED) is 0.548. The fourth-order valence-electron chi connectivity index (χ4n) is 3.01. The fraction of sp³-hybridized carbons (Fsp3) is 0.0909. The van der Waals surface area contributed by atoms with Crippen molar-refractivity contribution < 1.29 is 13.8 Å². The molecule has 2 N–H and O–H groups in total. The number of carbonyl (C=O) groups is 2. The monoisotopic (exact) mass is 473 g/mol. The standard InChI is InChI=1S/C22H17Cl2N3O3S/c23-16-3-1-2-15(12-16)22(29)26-20-13-17(6-9-19(20)24)25-21(28)14-4-7-18(8-5-14)27-10-11-31(27)30/h1-9,12-13H,10-11H2,(H,25,28)(H,26,29). The van der Waals surface area contributed by atoms with Gasteiger partial charge in [-0.05, 0) is 60.7 Å². The van der Waals surface area contributed by atoms with E-state index in [1.54, 1.807) is 71.0 Å². The van der Waals surface area contributed by atoms with Crippen LogP contribution < -0.4 is 14.9 Å². The Labute approximate surface area is 191 Å². The van der Waals surface area contributed by atoms with Crippen LogP contribution >= 0.6 is 23.2 Å². The number of hydrogen-bond acceptors (Lipinski definition) is 3. The third-order valence-corrected chi connectivity index (χ3v) is 6.67. The number of benzene rings is 3. The minimum Gasteiger partial charge on any atom is -0.322 e. The van der Waals surface area contributed by atoms with Crippen LogP contribution in [-0.2, 0) is 11.0 Å². The van der Waals surface area contributed by atoms with Gasteiger partial charge >= 0.3 is 0 Å². The summed E-state index contributed by atoms with van der Waals surface area (Å²) in [4.78, 5) is 25.1. The van der Waals surface area contributed by atoms with Gasteiger partial charge in [0.25, 0.3) is 11.8 Å². The Hall–Kier alpha value is -2.87. The van der Waals surface area contributed by atoms with E-state index in [9.17, 15) is 13.8 Å². The zero-order valence-corrected chi connectivity index (χ0v) is 18.4. The Morgan fingerprint density at radius 3 is 2.26 bits per heavy atom. The highest BCUT2D eigenvalue weighted by Gasteiger charge is 2.23. The maximum Gasteiger partial charge on any atom is 0.255 e. The Morgan fingerprint density at radius 1 is 0.871 bits per heavy atom. The lowest BCUT2D eigenvalue weighted by Crippen LogP contribution is -2.42. The summed E-state index contributed by atoms with van der Waals surface area (Å²) in [6, 6.07) is 18.3. The van der Waals surface area contributed by atoms with Crippen molar-refractivity contribution in [3.8, 4) is 0 Å². The van der Waals surface area contributed by atoms with Gasteiger partial charge in [0, 0.05) is 34.1 Å². The van der Waals surface area contributed by atoms with E-state index in [-0.39, 0.29) is 11.8 Å². The molecule has 158 valence electrons. The van der Waals surface area contributed by atoms with Gasteiger partial charge in [-0.1, -0.05) is 29.3 Å². The van der Waals surface area contributed by atoms with Crippen LogP contribution in [0.2, 0.25) is 10.0 Å². The third kappa shape index (κ3) is 4.90. The second kappa shape index (κ2) is 9.09. The first kappa shape index (κ1) is 21.4. The Bertz CT molecular complexity index is 1180. The highest BCUT2D eigenvalue weighted by atomic mass is 35.5. The first-order chi connectivity index (χ1) is 14.9. The number of anilines is 3. The molecule has 1 atom stereocenters. The van der Waals surface area contributed by atoms with E-state index in [0.29, 0.717) is 38.3 Å². The molecule has 31 heavy (non-hydrogen) atoms. The maximum absolute atomic E-state index is 12.6. The molecule has 4 rings (SSSR count). The number of carbonyl (C=O) groups excluding carboxylic acids is 2. The van der Waals surface area contributed by atoms with Crippen LogP contribution in [0.4, 0.5) is 17.1 Å². The van der Waals surface area contributed by atoms with E-state index in [4.69, 9.17) is 23.2 Å². The van der Waals surface area contributed by atoms with E-state index < -0.39 is 11.0 Å². The summed E-state index contributed by atoms with van der Waals surface area (Å²) in [5, 5.41) is 6.30. The third-order valence-electron chi connectivity index (χ3n) is 4.69. The zero-order chi connectivity index (χ0) is 22.0. The van der Waals surface area contributed by atoms with E-state index in [1.807, 2.05) is 0 Å². The van der Waals surface area contributed by atoms with Gasteiger partial charge in [-0.2, -0.15) is 0 Å². The van der Waals surface area contributed by atoms with Gasteiger partial charge in [-0.15, -0.1) is 0 Å². The van der Waals surface area contributed by atoms with E-state index in [2.05, 4.69) is 10.6 Å². The highest BCUT2D eigenvalue weighted by molar-refractivity contribution is 7.88. The fourth-order valence-corrected chi connectivity index (χ4v) is 4.24. The van der Waals surface area contributed by atoms with Crippen molar-refractivity contribution in [1.29, 1.82) is 0 Å². The van der Waals surface area contributed by atoms with Crippen molar-refractivity contribution in [2.24, 2.45) is 0 Å². The van der Waals surface area contributed by atoms with Crippen molar-refractivity contribution in [2.45, 2.75) is 0 Å². The van der Waals surface area contributed by atoms with Crippen molar-refractivity contribution in [1.82, 2.24) is 0 Å². The summed E-state index contributed by atoms with van der Waals surface area (Å²) in [6.07, 6.45) is 0. The van der Waals surface area contributed by atoms with Crippen LogP contribution in [0, 0.1) is 0 Å². The molecule has 3 aromatic carbocycles. The number of halogens is 2. The van der Waals surface area contributed by atoms with Crippen molar-refractivity contribution in [3.05, 3.63) is 87.9 Å². The minimum atomic E-state index is -0.976. The molecule has 1 saturated heterocycles. The Morgan fingerprint density at radius 2 is 1.61 bits per heavy atom. The molecule has 6 nitrogen and oxygen atoms in total. The molecular formula is C22H17Cl2N3O3S. The summed E-state index contributed by atoms with van der Waals surface area (Å²) in [5.74, 6) is -0.0211. The van der Waals surface area contributed by atoms with Gasteiger partial charge in [-0.3, -0.25) is 13.9 Å². The number of nitrogens with one attached hydrogen (secondary N) is 2. The van der Waals surface area contributed by atoms with Gasteiger partial charge in [0.15, 0.2) is 0 Å². The molecule has 1 aliphatic heterocycles. The molecule has 1 aliphatic rings. The van der Waals surface area contributed by atoms with Crippen LogP contribution in [-0.4, -0.2) is 28.3 Å². The van der Waals surface area contributed by atoms with Crippen LogP contribution in [0.5, 0.6) is 0 Å². The molecule has 0 aliphatic carbocycles. The number of amides is 2. The van der Waals surface area contributed by atoms with Crippen molar-refractivity contribution in [3.63, 3.8) is 0 Å². The van der Waals surface area contributed by atoms with Crippen molar-refractivity contribution >= 4 is 63.1 Å². The predicted octanol–water partition coefficient (Wildman–Crippen LogP) is 4.98. The lowest BCUT2D eigenvalue weighted by molar-refractivity contribution is 0.101. The Balaban J connectivity index is 1.46. The van der Waals surface area contributed by atoms with Crippen LogP contribution in [0.25, 0.3) is 0 Å². The van der Waals surface area contributed by atoms with Gasteiger partial charge in [0.05, 0.1) is 16.5 Å². The molecular weight excluding hydrogens is 457 g/mol. The molecule has 2 amide bonds. The molecule has 0 spiro atoms. The molecule has 3 aromatic rings. The molecule has 1 fully saturated rings. The first-order valence-electron chi connectivity index (χ1n) is 9.34. The molecule has 9 heteroatoms. The summed E-state index contributed by atoms with van der Waals surface area (Å²) in [7, 11) is -0.976. The first-order valence-corrected chi connectivity index (χ1v) is 11.4. The molecule has 1 heterocycles. The zero-order valence-electron chi connectivity index (χ0n) is 16.1. The summed E-state index contributed by atoms with van der Waals surface area (Å²) in [5.41, 5.74) is 2.50. The summed E-state index contributed by atoms with van der Waals surface area (Å²) in [6.45, 7) is 0.743. The molecule has 1 unspecified atom stereocenters. The maximum atomic E-state index is 12.6. The smallest absolute Gasteiger partial charge is 0.255 e. The van der Waals surface area contributed by atoms with Crippen molar-refractivity contribution in [2.75, 3.05) is 27.2 Å². The van der Waals surface area contributed by atoms with Gasteiger partial charge < -0.3 is 10.6 Å². The SMILES string of the molecule is O=C(Nc1ccc(Cl)c(NC(=O)c2cccc(Cl)c2)c1)c1ccc(N2CCS2=O)cc1. The molecule has 0 saturated carbocycles. The average Bonchev–Trinajstić information content (AvgIpc) is 2.75. The van der Waals surface area contributed by atoms with Gasteiger partial charge in [-0.25, -0.2) is 4.21 Å². The predicted molar refractivity (Wildman–Crippen MR) is 126 cm³/mol. The molecule has 0 aromatic heterocycles. The van der Waals surface area contributed by atoms with E-state index >= 15 is 0 Å². The second-order valence-corrected chi connectivity index (χ2v) is 9.12. The summed E-state index contributed by atoms with van der Waals surface area (Å²) >= 11 is 12.1. The second-order valence-electron chi connectivity index (χ2n) is 6.79. The topological polar surface area (TPSA) is 78.5 Å². The largest absolute Gasteiger partial charge is 0.322 e. The van der Waals surface area contributed by atoms with E-state index in [0.717, 1.165) is 12.2 Å². The van der Waals surface area contributed by atoms with E-state index in [1.165, 1.54) is 0 Å². The van der Waals surface area contributed by atoms with Gasteiger partial charge in [0.2, 0.25) is 0 Å². The molecule has 0 bridgehead atoms.